The molecule has 12 heavy (non-hydrogen) atoms. The smallest absolute Gasteiger partial charge is 0.202 e. The Morgan fingerprint density at radius 3 is 2.50 bits per heavy atom. The molecule has 2 nitrogen and oxygen atoms in total. The largest absolute Gasteiger partial charge is 0.304 e. The van der Waals surface area contributed by atoms with Crippen LogP contribution < -0.4 is 5.32 Å². The molecule has 0 saturated carbocycles. The first-order valence-electron chi connectivity index (χ1n) is 4.05. The molecule has 0 spiro atoms. The molecule has 1 N–H and O–H groups in total. The quantitative estimate of drug-likeness (QED) is 0.648. The number of hydrogen-bond donors (Lipinski definition) is 2. The van der Waals surface area contributed by atoms with Gasteiger partial charge >= 0.3 is 0 Å². The molecular formula is C8H17NOS2. The maximum Gasteiger partial charge on any atom is 0.202 e. The first kappa shape index (κ1) is 12.3. The van der Waals surface area contributed by atoms with Crippen LogP contribution >= 0.6 is 24.4 Å². The Labute approximate surface area is 84.3 Å². The van der Waals surface area contributed by atoms with E-state index in [9.17, 15) is 4.79 Å². The van der Waals surface area contributed by atoms with E-state index in [1.165, 1.54) is 0 Å². The van der Waals surface area contributed by atoms with Gasteiger partial charge in [0.15, 0.2) is 0 Å². The van der Waals surface area contributed by atoms with Gasteiger partial charge in [-0.3, -0.25) is 4.79 Å². The summed E-state index contributed by atoms with van der Waals surface area (Å²) in [5.41, 5.74) is 0. The Bertz CT molecular complexity index is 139. The summed E-state index contributed by atoms with van der Waals surface area (Å²) in [7, 11) is 0. The Kier molecular flexibility index (Phi) is 6.99. The SMILES string of the molecule is CSCCC(NC(C)C)C(=O)S. The third kappa shape index (κ3) is 5.91. The van der Waals surface area contributed by atoms with Crippen LogP contribution in [0.25, 0.3) is 0 Å². The molecule has 0 rings (SSSR count). The van der Waals surface area contributed by atoms with E-state index in [2.05, 4.69) is 17.9 Å². The van der Waals surface area contributed by atoms with E-state index in [1.807, 2.05) is 20.1 Å². The third-order valence-corrected chi connectivity index (χ3v) is 2.40. The van der Waals surface area contributed by atoms with Crippen molar-refractivity contribution in [2.45, 2.75) is 32.4 Å². The summed E-state index contributed by atoms with van der Waals surface area (Å²) >= 11 is 5.58. The molecule has 0 amide bonds. The molecule has 0 saturated heterocycles. The van der Waals surface area contributed by atoms with Crippen LogP contribution in [0.5, 0.6) is 0 Å². The molecule has 4 heteroatoms. The van der Waals surface area contributed by atoms with Gasteiger partial charge in [-0.05, 0) is 18.4 Å². The van der Waals surface area contributed by atoms with Crippen LogP contribution in [0.2, 0.25) is 0 Å². The van der Waals surface area contributed by atoms with Crippen molar-refractivity contribution in [1.82, 2.24) is 5.32 Å². The van der Waals surface area contributed by atoms with E-state index in [1.54, 1.807) is 11.8 Å². The van der Waals surface area contributed by atoms with Crippen molar-refractivity contribution < 1.29 is 4.79 Å². The van der Waals surface area contributed by atoms with Gasteiger partial charge < -0.3 is 5.32 Å². The summed E-state index contributed by atoms with van der Waals surface area (Å²) < 4.78 is 0. The zero-order valence-electron chi connectivity index (χ0n) is 7.83. The number of rotatable bonds is 6. The zero-order valence-corrected chi connectivity index (χ0v) is 9.54. The van der Waals surface area contributed by atoms with Crippen LogP contribution in [-0.4, -0.2) is 29.2 Å². The summed E-state index contributed by atoms with van der Waals surface area (Å²) in [6, 6.07) is 0.258. The van der Waals surface area contributed by atoms with Gasteiger partial charge in [-0.15, -0.1) is 12.6 Å². The van der Waals surface area contributed by atoms with E-state index in [4.69, 9.17) is 0 Å². The predicted molar refractivity (Wildman–Crippen MR) is 59.1 cm³/mol. The van der Waals surface area contributed by atoms with Crippen LogP contribution in [0.3, 0.4) is 0 Å². The lowest BCUT2D eigenvalue weighted by Gasteiger charge is -2.17. The minimum Gasteiger partial charge on any atom is -0.304 e. The number of hydrogen-bond acceptors (Lipinski definition) is 3. The van der Waals surface area contributed by atoms with Crippen LogP contribution in [-0.2, 0) is 4.79 Å². The predicted octanol–water partition coefficient (Wildman–Crippen LogP) is 1.56. The second kappa shape index (κ2) is 6.80. The highest BCUT2D eigenvalue weighted by atomic mass is 32.2. The standard InChI is InChI=1S/C8H17NOS2/c1-6(2)9-7(8(10)11)4-5-12-3/h6-7,9H,4-5H2,1-3H3,(H,10,11). The molecule has 1 unspecified atom stereocenters. The average molecular weight is 207 g/mol. The molecular weight excluding hydrogens is 190 g/mol. The van der Waals surface area contributed by atoms with Gasteiger partial charge in [0.05, 0.1) is 6.04 Å². The monoisotopic (exact) mass is 207 g/mol. The number of carbonyl (C=O) groups is 1. The molecule has 72 valence electrons. The summed E-state index contributed by atoms with van der Waals surface area (Å²) in [5, 5.41) is 3.12. The fourth-order valence-corrected chi connectivity index (χ4v) is 1.59. The van der Waals surface area contributed by atoms with Crippen LogP contribution in [0.4, 0.5) is 0 Å². The Hall–Kier alpha value is 0.330. The Morgan fingerprint density at radius 2 is 2.17 bits per heavy atom. The fraction of sp³-hybridized carbons (Fsp3) is 0.875. The number of carbonyl (C=O) groups excluding carboxylic acids is 1. The van der Waals surface area contributed by atoms with Gasteiger partial charge in [0.25, 0.3) is 0 Å². The summed E-state index contributed by atoms with van der Waals surface area (Å²) in [4.78, 5) is 11.0. The van der Waals surface area contributed by atoms with Crippen molar-refractivity contribution in [2.75, 3.05) is 12.0 Å². The molecule has 0 aliphatic heterocycles. The van der Waals surface area contributed by atoms with E-state index >= 15 is 0 Å². The number of thiol groups is 1. The van der Waals surface area contributed by atoms with E-state index < -0.39 is 0 Å². The van der Waals surface area contributed by atoms with E-state index in [0.717, 1.165) is 12.2 Å². The second-order valence-corrected chi connectivity index (χ2v) is 4.42. The van der Waals surface area contributed by atoms with Crippen LogP contribution in [0.15, 0.2) is 0 Å². The highest BCUT2D eigenvalue weighted by Crippen LogP contribution is 2.04. The molecule has 1 atom stereocenters. The third-order valence-electron chi connectivity index (χ3n) is 1.44. The van der Waals surface area contributed by atoms with Gasteiger partial charge in [0.2, 0.25) is 5.12 Å². The summed E-state index contributed by atoms with van der Waals surface area (Å²) in [5.74, 6) is 0.997. The lowest BCUT2D eigenvalue weighted by molar-refractivity contribution is -0.112. The van der Waals surface area contributed by atoms with Crippen molar-refractivity contribution >= 4 is 29.5 Å². The van der Waals surface area contributed by atoms with Crippen molar-refractivity contribution in [1.29, 1.82) is 0 Å². The number of thioether (sulfide) groups is 1. The summed E-state index contributed by atoms with van der Waals surface area (Å²) in [6.45, 7) is 4.06. The van der Waals surface area contributed by atoms with Crippen molar-refractivity contribution in [2.24, 2.45) is 0 Å². The topological polar surface area (TPSA) is 29.1 Å². The first-order valence-corrected chi connectivity index (χ1v) is 5.89. The maximum atomic E-state index is 11.0. The molecule has 0 heterocycles. The molecule has 0 aliphatic rings. The highest BCUT2D eigenvalue weighted by Gasteiger charge is 2.14. The molecule has 0 fully saturated rings. The van der Waals surface area contributed by atoms with Gasteiger partial charge in [0.1, 0.15) is 0 Å². The highest BCUT2D eigenvalue weighted by molar-refractivity contribution is 7.98. The lowest BCUT2D eigenvalue weighted by atomic mass is 10.2. The van der Waals surface area contributed by atoms with Gasteiger partial charge in [-0.2, -0.15) is 11.8 Å². The van der Waals surface area contributed by atoms with E-state index in [-0.39, 0.29) is 11.2 Å². The van der Waals surface area contributed by atoms with Crippen LogP contribution in [0.1, 0.15) is 20.3 Å². The molecule has 0 radical (unpaired) electrons. The second-order valence-electron chi connectivity index (χ2n) is 2.99. The minimum atomic E-state index is -0.0826. The van der Waals surface area contributed by atoms with Crippen molar-refractivity contribution in [3.63, 3.8) is 0 Å². The molecule has 0 aromatic rings. The normalized spacial score (nSPS) is 13.4. The fourth-order valence-electron chi connectivity index (χ4n) is 0.916. The Balaban J connectivity index is 3.78. The average Bonchev–Trinajstić information content (AvgIpc) is 1.96. The maximum absolute atomic E-state index is 11.0. The van der Waals surface area contributed by atoms with Crippen molar-refractivity contribution in [3.05, 3.63) is 0 Å². The van der Waals surface area contributed by atoms with Gasteiger partial charge in [-0.1, -0.05) is 13.8 Å². The molecule has 0 bridgehead atoms. The molecule has 0 aliphatic carbocycles. The van der Waals surface area contributed by atoms with Crippen LogP contribution in [0, 0.1) is 0 Å². The molecule has 0 aromatic heterocycles. The van der Waals surface area contributed by atoms with Gasteiger partial charge in [-0.25, -0.2) is 0 Å². The lowest BCUT2D eigenvalue weighted by Crippen LogP contribution is -2.39. The minimum absolute atomic E-state index is 0.0576. The molecule has 0 aromatic carbocycles. The van der Waals surface area contributed by atoms with Crippen molar-refractivity contribution in [3.8, 4) is 0 Å². The number of nitrogens with one attached hydrogen (secondary N) is 1. The summed E-state index contributed by atoms with van der Waals surface area (Å²) in [6.07, 6.45) is 2.90. The van der Waals surface area contributed by atoms with Gasteiger partial charge in [0, 0.05) is 6.04 Å². The Morgan fingerprint density at radius 1 is 1.58 bits per heavy atom. The van der Waals surface area contributed by atoms with E-state index in [0.29, 0.717) is 6.04 Å². The zero-order chi connectivity index (χ0) is 9.56. The first-order chi connectivity index (χ1) is 5.57.